The van der Waals surface area contributed by atoms with E-state index in [-0.39, 0.29) is 28.0 Å². The maximum Gasteiger partial charge on any atom is 2.00 e. The normalized spacial score (nSPS) is 12.6. The number of ether oxygens (including phenoxy) is 1. The molecule has 1 aliphatic heterocycles. The van der Waals surface area contributed by atoms with Crippen molar-refractivity contribution in [2.75, 3.05) is 11.9 Å². The third-order valence-corrected chi connectivity index (χ3v) is 9.98. The monoisotopic (exact) mass is 848 g/mol. The fourth-order valence-corrected chi connectivity index (χ4v) is 7.66. The fourth-order valence-electron chi connectivity index (χ4n) is 7.66. The fraction of sp³-hybridized carbons (Fsp3) is 0.195. The van der Waals surface area contributed by atoms with Gasteiger partial charge in [0, 0.05) is 35.9 Å². The summed E-state index contributed by atoms with van der Waals surface area (Å²) in [6, 6.07) is 34.1. The molecule has 0 unspecified atom stereocenters. The molecule has 0 radical (unpaired) electrons. The molecule has 0 amide bonds. The van der Waals surface area contributed by atoms with Crippen molar-refractivity contribution in [3.8, 4) is 28.7 Å². The van der Waals surface area contributed by atoms with Crippen LogP contribution in [0, 0.1) is 19.1 Å². The van der Waals surface area contributed by atoms with E-state index in [0.29, 0.717) is 23.3 Å². The predicted molar refractivity (Wildman–Crippen MR) is 201 cm³/mol. The number of aryl methyl sites for hydroxylation is 1. The van der Waals surface area contributed by atoms with Crippen LogP contribution in [0.15, 0.2) is 97.5 Å². The SMILES string of the molecule is Cc1cccc2c1nc1n(-c3ccccn3)c3[c-]c(Oc4[c-]c5c(cc4)N(C)B(c4c(C(C)C)cccc4C(C)C)n4ccnc4-5)ccc3n21.[Pt+2]. The molecule has 4 aromatic heterocycles. The van der Waals surface area contributed by atoms with Crippen molar-refractivity contribution in [1.82, 2.24) is 28.4 Å². The molecule has 10 heteroatoms. The minimum absolute atomic E-state index is 0. The quantitative estimate of drug-likeness (QED) is 0.125. The van der Waals surface area contributed by atoms with E-state index in [1.165, 1.54) is 16.6 Å². The second-order valence-electron chi connectivity index (χ2n) is 13.8. The van der Waals surface area contributed by atoms with E-state index in [1.54, 1.807) is 6.20 Å². The second kappa shape index (κ2) is 12.6. The van der Waals surface area contributed by atoms with Crippen LogP contribution in [0.25, 0.3) is 45.1 Å². The van der Waals surface area contributed by atoms with Crippen molar-refractivity contribution in [1.29, 1.82) is 0 Å². The van der Waals surface area contributed by atoms with E-state index in [4.69, 9.17) is 14.7 Å². The van der Waals surface area contributed by atoms with Crippen LogP contribution in [0.5, 0.6) is 11.5 Å². The molecule has 0 fully saturated rings. The van der Waals surface area contributed by atoms with Crippen LogP contribution in [0.4, 0.5) is 5.69 Å². The zero-order chi connectivity index (χ0) is 34.3. The molecule has 254 valence electrons. The summed E-state index contributed by atoms with van der Waals surface area (Å²) in [7, 11) is 2.16. The van der Waals surface area contributed by atoms with Crippen molar-refractivity contribution < 1.29 is 25.8 Å². The Morgan fingerprint density at radius 3 is 2.25 bits per heavy atom. The minimum Gasteiger partial charge on any atom is -0.503 e. The van der Waals surface area contributed by atoms with Gasteiger partial charge in [0.2, 0.25) is 5.78 Å². The number of hydrogen-bond acceptors (Lipinski definition) is 5. The van der Waals surface area contributed by atoms with Crippen LogP contribution in [0.2, 0.25) is 0 Å². The van der Waals surface area contributed by atoms with Gasteiger partial charge in [0.15, 0.2) is 0 Å². The Bertz CT molecular complexity index is 2560. The Labute approximate surface area is 312 Å². The molecule has 0 saturated carbocycles. The number of aromatic nitrogens is 6. The molecule has 0 atom stereocenters. The summed E-state index contributed by atoms with van der Waals surface area (Å²) in [6.07, 6.45) is 5.76. The van der Waals surface area contributed by atoms with Crippen LogP contribution in [0.3, 0.4) is 0 Å². The molecule has 0 N–H and O–H groups in total. The van der Waals surface area contributed by atoms with E-state index in [2.05, 4.69) is 127 Å². The van der Waals surface area contributed by atoms with Gasteiger partial charge in [0.1, 0.15) is 5.82 Å². The van der Waals surface area contributed by atoms with E-state index in [9.17, 15) is 0 Å². The molecule has 9 rings (SSSR count). The minimum atomic E-state index is -0.0370. The zero-order valence-electron chi connectivity index (χ0n) is 29.3. The zero-order valence-corrected chi connectivity index (χ0v) is 31.6. The van der Waals surface area contributed by atoms with Crippen molar-refractivity contribution in [3.63, 3.8) is 0 Å². The standard InChI is InChI=1S/C41H36BN7O.Pt/c1-25(2)30-12-10-13-31(26(3)4)38(30)42-46(6)33-18-16-28(23-32(33)40-44-21-22-47(40)42)50-29-17-19-34-36(24-29)49(37-15-7-8-20-43-37)41-45-39-27(5)11-9-14-35(39)48(34)41;/h7-22,25-26H,1-6H3;/q-2;+2. The Morgan fingerprint density at radius 1 is 0.765 bits per heavy atom. The van der Waals surface area contributed by atoms with E-state index in [1.807, 2.05) is 41.1 Å². The summed E-state index contributed by atoms with van der Waals surface area (Å²) in [4.78, 5) is 17.0. The number of benzene rings is 4. The van der Waals surface area contributed by atoms with Crippen molar-refractivity contribution in [3.05, 3.63) is 126 Å². The van der Waals surface area contributed by atoms with Gasteiger partial charge in [0.05, 0.1) is 11.0 Å². The van der Waals surface area contributed by atoms with Crippen LogP contribution < -0.4 is 15.0 Å². The number of hydrogen-bond donors (Lipinski definition) is 0. The molecular formula is C41H36BN7OPt. The number of pyridine rings is 1. The third kappa shape index (κ3) is 5.12. The second-order valence-corrected chi connectivity index (χ2v) is 13.8. The first kappa shape index (κ1) is 33.0. The molecule has 0 saturated heterocycles. The summed E-state index contributed by atoms with van der Waals surface area (Å²) in [6.45, 7) is 11.1. The first-order chi connectivity index (χ1) is 24.3. The van der Waals surface area contributed by atoms with Crippen molar-refractivity contribution in [2.24, 2.45) is 0 Å². The Balaban J connectivity index is 0.00000374. The number of anilines is 1. The molecular weight excluding hydrogens is 812 g/mol. The molecule has 8 aromatic rings. The van der Waals surface area contributed by atoms with Gasteiger partial charge in [-0.1, -0.05) is 87.5 Å². The van der Waals surface area contributed by atoms with Gasteiger partial charge >= 0.3 is 28.0 Å². The Hall–Kier alpha value is -5.14. The molecule has 1 aliphatic rings. The van der Waals surface area contributed by atoms with Gasteiger partial charge < -0.3 is 18.4 Å². The number of para-hydroxylation sites is 1. The average molecular weight is 849 g/mol. The molecule has 8 nitrogen and oxygen atoms in total. The van der Waals surface area contributed by atoms with E-state index < -0.39 is 0 Å². The van der Waals surface area contributed by atoms with Gasteiger partial charge in [-0.15, -0.1) is 24.3 Å². The first-order valence-corrected chi connectivity index (χ1v) is 17.2. The Kier molecular flexibility index (Phi) is 8.14. The van der Waals surface area contributed by atoms with Gasteiger partial charge in [-0.3, -0.25) is 9.55 Å². The van der Waals surface area contributed by atoms with Crippen molar-refractivity contribution in [2.45, 2.75) is 46.5 Å². The largest absolute Gasteiger partial charge is 2.00 e. The van der Waals surface area contributed by atoms with Gasteiger partial charge in [-0.25, -0.2) is 9.97 Å². The molecule has 51 heavy (non-hydrogen) atoms. The number of rotatable bonds is 6. The molecule has 0 spiro atoms. The number of imidazole rings is 3. The van der Waals surface area contributed by atoms with Gasteiger partial charge in [-0.05, 0) is 77.2 Å². The summed E-state index contributed by atoms with van der Waals surface area (Å²) in [5, 5.41) is 0. The molecule has 0 bridgehead atoms. The summed E-state index contributed by atoms with van der Waals surface area (Å²) in [5.41, 5.74) is 11.0. The molecule has 5 heterocycles. The van der Waals surface area contributed by atoms with E-state index in [0.717, 1.165) is 56.3 Å². The Morgan fingerprint density at radius 2 is 1.51 bits per heavy atom. The maximum atomic E-state index is 6.53. The topological polar surface area (TPSA) is 65.4 Å². The maximum absolute atomic E-state index is 6.53. The first-order valence-electron chi connectivity index (χ1n) is 17.2. The van der Waals surface area contributed by atoms with Gasteiger partial charge in [-0.2, -0.15) is 0 Å². The smallest absolute Gasteiger partial charge is 0.503 e. The third-order valence-electron chi connectivity index (χ3n) is 9.98. The van der Waals surface area contributed by atoms with Gasteiger partial charge in [0.25, 0.3) is 0 Å². The number of nitrogens with zero attached hydrogens (tertiary/aromatic N) is 7. The van der Waals surface area contributed by atoms with Crippen LogP contribution in [-0.2, 0) is 21.1 Å². The molecule has 0 aliphatic carbocycles. The number of fused-ring (bicyclic) bond motifs is 8. The molecule has 4 aromatic carbocycles. The summed E-state index contributed by atoms with van der Waals surface area (Å²) in [5.74, 6) is 4.34. The van der Waals surface area contributed by atoms with Crippen LogP contribution in [0.1, 0.15) is 56.2 Å². The van der Waals surface area contributed by atoms with Crippen LogP contribution in [-0.4, -0.2) is 42.4 Å². The predicted octanol–water partition coefficient (Wildman–Crippen LogP) is 8.33. The van der Waals surface area contributed by atoms with E-state index >= 15 is 0 Å². The average Bonchev–Trinajstić information content (AvgIpc) is 3.83. The van der Waals surface area contributed by atoms with Crippen LogP contribution >= 0.6 is 0 Å². The summed E-state index contributed by atoms with van der Waals surface area (Å²) < 4.78 is 13.0. The summed E-state index contributed by atoms with van der Waals surface area (Å²) >= 11 is 0. The van der Waals surface area contributed by atoms with Crippen molar-refractivity contribution >= 4 is 46.0 Å².